The van der Waals surface area contributed by atoms with Gasteiger partial charge in [-0.15, -0.1) is 0 Å². The summed E-state index contributed by atoms with van der Waals surface area (Å²) in [6, 6.07) is -0.263. The molecule has 1 saturated carbocycles. The number of nitrogens with zero attached hydrogens (tertiary/aromatic N) is 1. The molecule has 0 bridgehead atoms. The van der Waals surface area contributed by atoms with Crippen LogP contribution in [0.2, 0.25) is 0 Å². The molecule has 0 aromatic heterocycles. The lowest BCUT2D eigenvalue weighted by Gasteiger charge is -2.22. The minimum absolute atomic E-state index is 0.0299. The monoisotopic (exact) mass is 252 g/mol. The largest absolute Gasteiger partial charge is 0.305 e. The number of rotatable bonds is 5. The number of likely N-dealkylation sites (tertiary alicyclic amines) is 1. The van der Waals surface area contributed by atoms with Crippen molar-refractivity contribution in [2.75, 3.05) is 13.1 Å². The Bertz CT molecular complexity index is 311. The Balaban J connectivity index is 1.70. The highest BCUT2D eigenvalue weighted by Crippen LogP contribution is 2.25. The highest BCUT2D eigenvalue weighted by molar-refractivity contribution is 6.05. The number of likely N-dealkylation sites (N-methyl/N-ethyl adjacent to an activating group) is 1. The SMILES string of the molecule is CCN1C(=O)CC(NCCC2CCCCC2)C1=O. The van der Waals surface area contributed by atoms with Crippen LogP contribution in [0, 0.1) is 5.92 Å². The Labute approximate surface area is 109 Å². The second-order valence-corrected chi connectivity index (χ2v) is 5.48. The van der Waals surface area contributed by atoms with Gasteiger partial charge in [-0.25, -0.2) is 0 Å². The van der Waals surface area contributed by atoms with Crippen molar-refractivity contribution in [2.24, 2.45) is 5.92 Å². The quantitative estimate of drug-likeness (QED) is 0.758. The van der Waals surface area contributed by atoms with Crippen LogP contribution in [0.5, 0.6) is 0 Å². The molecule has 1 aliphatic carbocycles. The van der Waals surface area contributed by atoms with E-state index < -0.39 is 0 Å². The summed E-state index contributed by atoms with van der Waals surface area (Å²) in [5.41, 5.74) is 0. The summed E-state index contributed by atoms with van der Waals surface area (Å²) < 4.78 is 0. The molecule has 0 radical (unpaired) electrons. The molecule has 1 heterocycles. The lowest BCUT2D eigenvalue weighted by molar-refractivity contribution is -0.138. The summed E-state index contributed by atoms with van der Waals surface area (Å²) in [6.45, 7) is 3.21. The van der Waals surface area contributed by atoms with Crippen LogP contribution >= 0.6 is 0 Å². The molecule has 1 unspecified atom stereocenters. The van der Waals surface area contributed by atoms with Crippen molar-refractivity contribution in [3.63, 3.8) is 0 Å². The number of imide groups is 1. The first kappa shape index (κ1) is 13.5. The predicted molar refractivity (Wildman–Crippen MR) is 70.0 cm³/mol. The molecule has 2 rings (SSSR count). The fourth-order valence-corrected chi connectivity index (χ4v) is 3.11. The van der Waals surface area contributed by atoms with E-state index in [0.717, 1.165) is 18.9 Å². The van der Waals surface area contributed by atoms with Gasteiger partial charge in [0.25, 0.3) is 0 Å². The van der Waals surface area contributed by atoms with Gasteiger partial charge in [-0.2, -0.15) is 0 Å². The molecular formula is C14H24N2O2. The van der Waals surface area contributed by atoms with Crippen LogP contribution in [0.3, 0.4) is 0 Å². The van der Waals surface area contributed by atoms with Crippen molar-refractivity contribution in [2.45, 2.75) is 57.9 Å². The van der Waals surface area contributed by atoms with Crippen molar-refractivity contribution in [3.05, 3.63) is 0 Å². The van der Waals surface area contributed by atoms with Crippen LogP contribution in [-0.4, -0.2) is 35.8 Å². The minimum atomic E-state index is -0.263. The third-order valence-electron chi connectivity index (χ3n) is 4.23. The molecule has 4 nitrogen and oxygen atoms in total. The second-order valence-electron chi connectivity index (χ2n) is 5.48. The Kier molecular flexibility index (Phi) is 4.75. The van der Waals surface area contributed by atoms with E-state index >= 15 is 0 Å². The fourth-order valence-electron chi connectivity index (χ4n) is 3.11. The van der Waals surface area contributed by atoms with Crippen LogP contribution < -0.4 is 5.32 Å². The summed E-state index contributed by atoms with van der Waals surface area (Å²) in [4.78, 5) is 24.8. The molecule has 18 heavy (non-hydrogen) atoms. The molecule has 0 spiro atoms. The first-order chi connectivity index (χ1) is 8.72. The number of nitrogens with one attached hydrogen (secondary N) is 1. The van der Waals surface area contributed by atoms with Crippen molar-refractivity contribution in [1.29, 1.82) is 0 Å². The lowest BCUT2D eigenvalue weighted by Crippen LogP contribution is -2.39. The number of carbonyl (C=O) groups excluding carboxylic acids is 2. The minimum Gasteiger partial charge on any atom is -0.305 e. The fraction of sp³-hybridized carbons (Fsp3) is 0.857. The lowest BCUT2D eigenvalue weighted by atomic mass is 9.87. The predicted octanol–water partition coefficient (Wildman–Crippen LogP) is 1.69. The summed E-state index contributed by atoms with van der Waals surface area (Å²) in [5.74, 6) is 0.754. The Hall–Kier alpha value is -0.900. The highest BCUT2D eigenvalue weighted by Gasteiger charge is 2.36. The zero-order valence-corrected chi connectivity index (χ0v) is 11.3. The second kappa shape index (κ2) is 6.32. The highest BCUT2D eigenvalue weighted by atomic mass is 16.2. The Morgan fingerprint density at radius 2 is 1.94 bits per heavy atom. The molecule has 102 valence electrons. The molecule has 1 aliphatic heterocycles. The summed E-state index contributed by atoms with van der Waals surface area (Å²) >= 11 is 0. The number of hydrogen-bond acceptors (Lipinski definition) is 3. The van der Waals surface area contributed by atoms with E-state index in [1.54, 1.807) is 0 Å². The van der Waals surface area contributed by atoms with E-state index in [0.29, 0.717) is 13.0 Å². The third kappa shape index (κ3) is 3.10. The molecule has 1 atom stereocenters. The van der Waals surface area contributed by atoms with E-state index in [4.69, 9.17) is 0 Å². The maximum Gasteiger partial charge on any atom is 0.246 e. The van der Waals surface area contributed by atoms with Gasteiger partial charge in [-0.3, -0.25) is 14.5 Å². The molecule has 2 fully saturated rings. The van der Waals surface area contributed by atoms with Gasteiger partial charge in [-0.1, -0.05) is 32.1 Å². The maximum atomic E-state index is 11.9. The van der Waals surface area contributed by atoms with Crippen molar-refractivity contribution < 1.29 is 9.59 Å². The van der Waals surface area contributed by atoms with Crippen molar-refractivity contribution in [1.82, 2.24) is 10.2 Å². The Morgan fingerprint density at radius 1 is 1.22 bits per heavy atom. The Morgan fingerprint density at radius 3 is 2.56 bits per heavy atom. The molecule has 0 aromatic carbocycles. The van der Waals surface area contributed by atoms with Gasteiger partial charge in [-0.05, 0) is 25.8 Å². The number of carbonyl (C=O) groups is 2. The standard InChI is InChI=1S/C14H24N2O2/c1-2-16-13(17)10-12(14(16)18)15-9-8-11-6-4-3-5-7-11/h11-12,15H,2-10H2,1H3. The van der Waals surface area contributed by atoms with E-state index in [1.807, 2.05) is 6.92 Å². The van der Waals surface area contributed by atoms with E-state index in [2.05, 4.69) is 5.32 Å². The molecule has 2 aliphatic rings. The van der Waals surface area contributed by atoms with Crippen LogP contribution in [-0.2, 0) is 9.59 Å². The van der Waals surface area contributed by atoms with Gasteiger partial charge in [0.1, 0.15) is 0 Å². The van der Waals surface area contributed by atoms with Gasteiger partial charge in [0.05, 0.1) is 12.5 Å². The summed E-state index contributed by atoms with van der Waals surface area (Å²) in [6.07, 6.45) is 8.25. The molecular weight excluding hydrogens is 228 g/mol. The molecule has 1 N–H and O–H groups in total. The zero-order chi connectivity index (χ0) is 13.0. The van der Waals surface area contributed by atoms with Gasteiger partial charge in [0, 0.05) is 6.54 Å². The number of hydrogen-bond donors (Lipinski definition) is 1. The summed E-state index contributed by atoms with van der Waals surface area (Å²) in [5, 5.41) is 3.26. The van der Waals surface area contributed by atoms with Crippen LogP contribution in [0.25, 0.3) is 0 Å². The average molecular weight is 252 g/mol. The van der Waals surface area contributed by atoms with E-state index in [-0.39, 0.29) is 17.9 Å². The van der Waals surface area contributed by atoms with Crippen molar-refractivity contribution in [3.8, 4) is 0 Å². The molecule has 4 heteroatoms. The van der Waals surface area contributed by atoms with E-state index in [1.165, 1.54) is 37.0 Å². The normalized spacial score (nSPS) is 26.1. The summed E-state index contributed by atoms with van der Waals surface area (Å²) in [7, 11) is 0. The van der Waals surface area contributed by atoms with Gasteiger partial charge in [0.2, 0.25) is 11.8 Å². The number of amides is 2. The van der Waals surface area contributed by atoms with Crippen LogP contribution in [0.15, 0.2) is 0 Å². The van der Waals surface area contributed by atoms with Gasteiger partial charge >= 0.3 is 0 Å². The third-order valence-corrected chi connectivity index (χ3v) is 4.23. The van der Waals surface area contributed by atoms with Crippen LogP contribution in [0.1, 0.15) is 51.9 Å². The molecule has 0 aromatic rings. The zero-order valence-electron chi connectivity index (χ0n) is 11.3. The van der Waals surface area contributed by atoms with Crippen molar-refractivity contribution >= 4 is 11.8 Å². The van der Waals surface area contributed by atoms with E-state index in [9.17, 15) is 9.59 Å². The topological polar surface area (TPSA) is 49.4 Å². The first-order valence-electron chi connectivity index (χ1n) is 7.30. The van der Waals surface area contributed by atoms with Gasteiger partial charge < -0.3 is 5.32 Å². The smallest absolute Gasteiger partial charge is 0.246 e. The molecule has 2 amide bonds. The molecule has 1 saturated heterocycles. The first-order valence-corrected chi connectivity index (χ1v) is 7.30. The van der Waals surface area contributed by atoms with Gasteiger partial charge in [0.15, 0.2) is 0 Å². The average Bonchev–Trinajstić information content (AvgIpc) is 2.65. The van der Waals surface area contributed by atoms with Crippen LogP contribution in [0.4, 0.5) is 0 Å². The maximum absolute atomic E-state index is 11.9.